The van der Waals surface area contributed by atoms with Crippen molar-refractivity contribution in [2.24, 2.45) is 5.41 Å². The Balaban J connectivity index is 1.30. The number of methoxy groups -OCH3 is 1. The van der Waals surface area contributed by atoms with Gasteiger partial charge >= 0.3 is 5.97 Å². The number of piperidine rings is 1. The first kappa shape index (κ1) is 21.9. The van der Waals surface area contributed by atoms with Gasteiger partial charge in [-0.15, -0.1) is 0 Å². The van der Waals surface area contributed by atoms with Crippen LogP contribution < -0.4 is 4.74 Å². The van der Waals surface area contributed by atoms with Crippen molar-refractivity contribution in [1.82, 2.24) is 4.90 Å². The Bertz CT molecular complexity index is 1090. The van der Waals surface area contributed by atoms with Crippen molar-refractivity contribution >= 4 is 11.9 Å². The van der Waals surface area contributed by atoms with Gasteiger partial charge in [-0.05, 0) is 78.8 Å². The van der Waals surface area contributed by atoms with Gasteiger partial charge in [-0.3, -0.25) is 4.79 Å². The maximum atomic E-state index is 15.2. The molecule has 6 nitrogen and oxygen atoms in total. The first-order valence-electron chi connectivity index (χ1n) is 11.5. The van der Waals surface area contributed by atoms with Crippen molar-refractivity contribution in [3.63, 3.8) is 0 Å². The number of carboxylic acid groups (broad SMARTS) is 1. The van der Waals surface area contributed by atoms with Gasteiger partial charge in [-0.2, -0.15) is 0 Å². The van der Waals surface area contributed by atoms with Gasteiger partial charge in [0.1, 0.15) is 17.7 Å². The molecule has 3 aliphatic rings. The van der Waals surface area contributed by atoms with E-state index in [1.165, 1.54) is 25.3 Å². The molecule has 1 N–H and O–H groups in total. The highest BCUT2D eigenvalue weighted by Crippen LogP contribution is 2.65. The fourth-order valence-electron chi connectivity index (χ4n) is 5.53. The molecule has 0 unspecified atom stereocenters. The van der Waals surface area contributed by atoms with Crippen molar-refractivity contribution < 1.29 is 28.6 Å². The SMILES string of the molecule is COc1ccc(C(=O)O)cc1-c1ccc([C@H]2CC23CCN(C(=O)[C@H]2CCCO2)CC3)c(F)c1. The molecule has 0 bridgehead atoms. The Morgan fingerprint density at radius 3 is 2.61 bits per heavy atom. The summed E-state index contributed by atoms with van der Waals surface area (Å²) < 4.78 is 26.1. The number of amides is 1. The first-order valence-corrected chi connectivity index (χ1v) is 11.5. The largest absolute Gasteiger partial charge is 0.496 e. The van der Waals surface area contributed by atoms with Gasteiger partial charge in [-0.25, -0.2) is 9.18 Å². The van der Waals surface area contributed by atoms with E-state index in [2.05, 4.69) is 0 Å². The third-order valence-electron chi connectivity index (χ3n) is 7.60. The number of hydrogen-bond acceptors (Lipinski definition) is 4. The predicted molar refractivity (Wildman–Crippen MR) is 120 cm³/mol. The van der Waals surface area contributed by atoms with Crippen molar-refractivity contribution in [3.8, 4) is 16.9 Å². The fraction of sp³-hybridized carbons (Fsp3) is 0.462. The monoisotopic (exact) mass is 453 g/mol. The third kappa shape index (κ3) is 3.99. The summed E-state index contributed by atoms with van der Waals surface area (Å²) in [6.45, 7) is 2.07. The number of aromatic carboxylic acids is 1. The van der Waals surface area contributed by atoms with E-state index in [9.17, 15) is 14.7 Å². The van der Waals surface area contributed by atoms with Crippen LogP contribution >= 0.6 is 0 Å². The van der Waals surface area contributed by atoms with E-state index in [4.69, 9.17) is 9.47 Å². The molecule has 1 saturated carbocycles. The van der Waals surface area contributed by atoms with Crippen LogP contribution in [-0.4, -0.2) is 54.8 Å². The molecule has 7 heteroatoms. The van der Waals surface area contributed by atoms with Crippen LogP contribution in [0, 0.1) is 11.2 Å². The maximum absolute atomic E-state index is 15.2. The van der Waals surface area contributed by atoms with Gasteiger partial charge in [0, 0.05) is 25.3 Å². The highest BCUT2D eigenvalue weighted by molar-refractivity contribution is 5.90. The number of rotatable bonds is 5. The van der Waals surface area contributed by atoms with Crippen LogP contribution in [0.5, 0.6) is 5.75 Å². The molecule has 0 radical (unpaired) electrons. The number of carbonyl (C=O) groups excluding carboxylic acids is 1. The van der Waals surface area contributed by atoms with E-state index in [0.29, 0.717) is 42.1 Å². The first-order chi connectivity index (χ1) is 15.9. The highest BCUT2D eigenvalue weighted by atomic mass is 19.1. The second kappa shape index (κ2) is 8.45. The quantitative estimate of drug-likeness (QED) is 0.723. The van der Waals surface area contributed by atoms with Crippen molar-refractivity contribution in [2.45, 2.75) is 44.1 Å². The molecule has 5 rings (SSSR count). The Morgan fingerprint density at radius 1 is 1.18 bits per heavy atom. The number of benzene rings is 2. The van der Waals surface area contributed by atoms with Crippen molar-refractivity contribution in [3.05, 3.63) is 53.3 Å². The normalized spacial score (nSPS) is 23.5. The zero-order valence-corrected chi connectivity index (χ0v) is 18.7. The van der Waals surface area contributed by atoms with E-state index >= 15 is 4.39 Å². The third-order valence-corrected chi connectivity index (χ3v) is 7.60. The molecule has 174 valence electrons. The molecule has 2 atom stereocenters. The lowest BCUT2D eigenvalue weighted by Crippen LogP contribution is -2.44. The van der Waals surface area contributed by atoms with Gasteiger partial charge in [0.15, 0.2) is 0 Å². The zero-order chi connectivity index (χ0) is 23.2. The lowest BCUT2D eigenvalue weighted by Gasteiger charge is -2.34. The van der Waals surface area contributed by atoms with Crippen LogP contribution in [0.3, 0.4) is 0 Å². The lowest BCUT2D eigenvalue weighted by molar-refractivity contribution is -0.142. The summed E-state index contributed by atoms with van der Waals surface area (Å²) in [4.78, 5) is 25.9. The number of carboxylic acids is 1. The van der Waals surface area contributed by atoms with Crippen LogP contribution in [0.15, 0.2) is 36.4 Å². The van der Waals surface area contributed by atoms with Crippen LogP contribution in [0.4, 0.5) is 4.39 Å². The second-order valence-corrected chi connectivity index (χ2v) is 9.40. The summed E-state index contributed by atoms with van der Waals surface area (Å²) in [6, 6.07) is 9.70. The summed E-state index contributed by atoms with van der Waals surface area (Å²) in [5, 5.41) is 9.31. The molecular formula is C26H28FNO5. The van der Waals surface area contributed by atoms with Crippen molar-refractivity contribution in [1.29, 1.82) is 0 Å². The smallest absolute Gasteiger partial charge is 0.335 e. The van der Waals surface area contributed by atoms with Gasteiger partial charge in [-0.1, -0.05) is 12.1 Å². The van der Waals surface area contributed by atoms with E-state index in [1.54, 1.807) is 6.07 Å². The second-order valence-electron chi connectivity index (χ2n) is 9.40. The molecule has 1 aliphatic carbocycles. The molecule has 1 amide bonds. The average molecular weight is 454 g/mol. The summed E-state index contributed by atoms with van der Waals surface area (Å²) in [5.41, 5.74) is 2.03. The van der Waals surface area contributed by atoms with Gasteiger partial charge in [0.25, 0.3) is 5.91 Å². The minimum Gasteiger partial charge on any atom is -0.496 e. The predicted octanol–water partition coefficient (Wildman–Crippen LogP) is 4.47. The lowest BCUT2D eigenvalue weighted by atomic mass is 9.88. The molecule has 2 heterocycles. The molecular weight excluding hydrogens is 425 g/mol. The molecule has 3 fully saturated rings. The number of nitrogens with zero attached hydrogens (tertiary/aromatic N) is 1. The summed E-state index contributed by atoms with van der Waals surface area (Å²) in [6.07, 6.45) is 4.16. The number of ether oxygens (including phenoxy) is 2. The summed E-state index contributed by atoms with van der Waals surface area (Å²) >= 11 is 0. The zero-order valence-electron chi connectivity index (χ0n) is 18.7. The maximum Gasteiger partial charge on any atom is 0.335 e. The molecule has 2 aromatic rings. The van der Waals surface area contributed by atoms with E-state index in [0.717, 1.165) is 32.1 Å². The molecule has 2 saturated heterocycles. The topological polar surface area (TPSA) is 76.1 Å². The molecule has 2 aromatic carbocycles. The minimum absolute atomic E-state index is 0.0661. The van der Waals surface area contributed by atoms with Crippen LogP contribution in [-0.2, 0) is 9.53 Å². The van der Waals surface area contributed by atoms with Gasteiger partial charge in [0.05, 0.1) is 12.7 Å². The van der Waals surface area contributed by atoms with Gasteiger partial charge in [0.2, 0.25) is 0 Å². The number of likely N-dealkylation sites (tertiary alicyclic amines) is 1. The van der Waals surface area contributed by atoms with Gasteiger partial charge < -0.3 is 19.5 Å². The Hall–Kier alpha value is -2.93. The average Bonchev–Trinajstić information content (AvgIpc) is 3.23. The minimum atomic E-state index is -1.04. The van der Waals surface area contributed by atoms with Crippen LogP contribution in [0.1, 0.15) is 53.9 Å². The summed E-state index contributed by atoms with van der Waals surface area (Å²) in [5.74, 6) is -0.569. The van der Waals surface area contributed by atoms with E-state index < -0.39 is 5.97 Å². The molecule has 2 aliphatic heterocycles. The number of hydrogen-bond donors (Lipinski definition) is 1. The van der Waals surface area contributed by atoms with Crippen LogP contribution in [0.25, 0.3) is 11.1 Å². The van der Waals surface area contributed by atoms with Crippen molar-refractivity contribution in [2.75, 3.05) is 26.8 Å². The van der Waals surface area contributed by atoms with Crippen LogP contribution in [0.2, 0.25) is 0 Å². The Labute approximate surface area is 192 Å². The Morgan fingerprint density at radius 2 is 1.97 bits per heavy atom. The Kier molecular flexibility index (Phi) is 5.60. The number of halogens is 1. The van der Waals surface area contributed by atoms with E-state index in [-0.39, 0.29) is 34.7 Å². The summed E-state index contributed by atoms with van der Waals surface area (Å²) in [7, 11) is 1.51. The highest BCUT2D eigenvalue weighted by Gasteiger charge is 2.56. The van der Waals surface area contributed by atoms with E-state index in [1.807, 2.05) is 17.0 Å². The standard InChI is InChI=1S/C26H28FNO5/c1-32-22-7-5-17(25(30)31)13-19(22)16-4-6-18(21(27)14-16)20-15-26(20)8-10-28(11-9-26)24(29)23-3-2-12-33-23/h4-7,13-14,20,23H,2-3,8-12,15H2,1H3,(H,30,31)/t20-,23-/m1/s1. The number of carbonyl (C=O) groups is 2. The molecule has 1 spiro atoms. The molecule has 0 aromatic heterocycles. The molecule has 33 heavy (non-hydrogen) atoms. The fourth-order valence-corrected chi connectivity index (χ4v) is 5.53.